The predicted octanol–water partition coefficient (Wildman–Crippen LogP) is 2.63. The van der Waals surface area contributed by atoms with E-state index in [1.54, 1.807) is 5.37 Å². The van der Waals surface area contributed by atoms with Crippen molar-refractivity contribution in [1.82, 2.24) is 4.72 Å². The molecule has 7 heteroatoms. The van der Waals surface area contributed by atoms with E-state index < -0.39 is 27.6 Å². The van der Waals surface area contributed by atoms with Crippen LogP contribution in [0.25, 0.3) is 0 Å². The highest BCUT2D eigenvalue weighted by Gasteiger charge is 2.20. The van der Waals surface area contributed by atoms with Gasteiger partial charge in [0.1, 0.15) is 0 Å². The fourth-order valence-electron chi connectivity index (χ4n) is 2.83. The van der Waals surface area contributed by atoms with E-state index in [2.05, 4.69) is 4.72 Å². The van der Waals surface area contributed by atoms with Crippen LogP contribution in [0.5, 0.6) is 0 Å². The third-order valence-corrected chi connectivity index (χ3v) is 6.77. The number of hydrogen-bond donors (Lipinski definition) is 3. The van der Waals surface area contributed by atoms with Crippen LogP contribution in [0.4, 0.5) is 0 Å². The molecule has 0 fully saturated rings. The lowest BCUT2D eigenvalue weighted by Crippen LogP contribution is -2.36. The van der Waals surface area contributed by atoms with Gasteiger partial charge < -0.3 is 10.2 Å². The zero-order valence-electron chi connectivity index (χ0n) is 16.2. The first-order valence-corrected chi connectivity index (χ1v) is 11.3. The quantitative estimate of drug-likeness (QED) is 0.461. The topological polar surface area (TPSA) is 104 Å². The summed E-state index contributed by atoms with van der Waals surface area (Å²) in [5, 5.41) is 19.9. The van der Waals surface area contributed by atoms with Gasteiger partial charge in [-0.05, 0) is 35.8 Å². The van der Waals surface area contributed by atoms with Crippen molar-refractivity contribution in [3.8, 4) is 0 Å². The van der Waals surface area contributed by atoms with Gasteiger partial charge in [-0.3, -0.25) is 13.8 Å². The summed E-state index contributed by atoms with van der Waals surface area (Å²) in [7, 11) is -2.64. The third-order valence-electron chi connectivity index (χ3n) is 4.60. The standard InChI is InChI=1S/C22H27NO5S/c24-21(25)12-11-20(22(26)27)17-23-29(28,15-13-18-7-3-1-4-8-18)16-14-19-9-5-2-6-10-19/h1-10,15,20H,11-14,16-17H2,(H,23,28)(H,24,25)(H,26,27). The number of aliphatic carboxylic acids is 2. The molecule has 3 N–H and O–H groups in total. The number of benzene rings is 2. The van der Waals surface area contributed by atoms with E-state index in [9.17, 15) is 18.9 Å². The number of aryl methyl sites for hydroxylation is 1. The largest absolute Gasteiger partial charge is 0.481 e. The molecule has 0 saturated heterocycles. The molecule has 0 saturated carbocycles. The SMILES string of the molecule is O=C(O)CCC(CNS(=O)(=CCc1ccccc1)CCc1ccccc1)C(=O)O. The molecule has 0 spiro atoms. The van der Waals surface area contributed by atoms with E-state index >= 15 is 0 Å². The van der Waals surface area contributed by atoms with Gasteiger partial charge in [0.25, 0.3) is 0 Å². The Bertz CT molecular complexity index is 905. The van der Waals surface area contributed by atoms with Gasteiger partial charge in [-0.2, -0.15) is 0 Å². The Labute approximate surface area is 171 Å². The molecule has 29 heavy (non-hydrogen) atoms. The van der Waals surface area contributed by atoms with Crippen molar-refractivity contribution < 1.29 is 24.0 Å². The Morgan fingerprint density at radius 3 is 2.10 bits per heavy atom. The van der Waals surface area contributed by atoms with E-state index in [4.69, 9.17) is 5.11 Å². The fraction of sp³-hybridized carbons (Fsp3) is 0.318. The van der Waals surface area contributed by atoms with Crippen molar-refractivity contribution >= 4 is 27.0 Å². The first-order chi connectivity index (χ1) is 13.9. The molecule has 0 bridgehead atoms. The van der Waals surface area contributed by atoms with Crippen molar-refractivity contribution in [1.29, 1.82) is 0 Å². The normalized spacial score (nSPS) is 13.9. The molecule has 0 aliphatic heterocycles. The summed E-state index contributed by atoms with van der Waals surface area (Å²) >= 11 is 0. The van der Waals surface area contributed by atoms with Crippen molar-refractivity contribution in [3.05, 3.63) is 71.8 Å². The van der Waals surface area contributed by atoms with Crippen LogP contribution in [0.1, 0.15) is 24.0 Å². The summed E-state index contributed by atoms with van der Waals surface area (Å²) in [4.78, 5) is 22.2. The highest BCUT2D eigenvalue weighted by atomic mass is 32.2. The average Bonchev–Trinajstić information content (AvgIpc) is 2.72. The van der Waals surface area contributed by atoms with Crippen molar-refractivity contribution in [2.24, 2.45) is 5.92 Å². The lowest BCUT2D eigenvalue weighted by Gasteiger charge is -2.17. The monoisotopic (exact) mass is 417 g/mol. The molecule has 0 radical (unpaired) electrons. The molecule has 0 aliphatic rings. The summed E-state index contributed by atoms with van der Waals surface area (Å²) in [5.74, 6) is -2.70. The van der Waals surface area contributed by atoms with Crippen LogP contribution in [-0.4, -0.2) is 44.0 Å². The van der Waals surface area contributed by atoms with Gasteiger partial charge in [0, 0.05) is 28.4 Å². The Hall–Kier alpha value is -2.64. The summed E-state index contributed by atoms with van der Waals surface area (Å²) < 4.78 is 16.5. The van der Waals surface area contributed by atoms with Crippen molar-refractivity contribution in [3.63, 3.8) is 0 Å². The maximum atomic E-state index is 13.5. The summed E-state index contributed by atoms with van der Waals surface area (Å²) in [5.41, 5.74) is 2.07. The smallest absolute Gasteiger partial charge is 0.307 e. The molecule has 2 aromatic rings. The minimum absolute atomic E-state index is 0.00937. The van der Waals surface area contributed by atoms with Gasteiger partial charge in [0.05, 0.1) is 5.92 Å². The Kier molecular flexibility index (Phi) is 8.89. The molecule has 0 heterocycles. The second-order valence-electron chi connectivity index (χ2n) is 6.84. The molecule has 0 aromatic heterocycles. The van der Waals surface area contributed by atoms with Gasteiger partial charge in [0.2, 0.25) is 0 Å². The molecule has 0 amide bonds. The Morgan fingerprint density at radius 2 is 1.55 bits per heavy atom. The lowest BCUT2D eigenvalue weighted by atomic mass is 10.0. The maximum Gasteiger partial charge on any atom is 0.307 e. The zero-order valence-corrected chi connectivity index (χ0v) is 17.0. The lowest BCUT2D eigenvalue weighted by molar-refractivity contribution is -0.142. The molecular weight excluding hydrogens is 390 g/mol. The molecule has 2 unspecified atom stereocenters. The minimum Gasteiger partial charge on any atom is -0.481 e. The van der Waals surface area contributed by atoms with Gasteiger partial charge >= 0.3 is 11.9 Å². The number of carbonyl (C=O) groups is 2. The van der Waals surface area contributed by atoms with Crippen molar-refractivity contribution in [2.75, 3.05) is 12.3 Å². The molecule has 2 atom stereocenters. The van der Waals surface area contributed by atoms with Crippen LogP contribution in [0.15, 0.2) is 60.7 Å². The second-order valence-corrected chi connectivity index (χ2v) is 9.32. The van der Waals surface area contributed by atoms with E-state index in [1.165, 1.54) is 0 Å². The molecule has 2 rings (SSSR count). The highest BCUT2D eigenvalue weighted by Crippen LogP contribution is 2.09. The maximum absolute atomic E-state index is 13.5. The number of rotatable bonds is 12. The number of hydrogen-bond acceptors (Lipinski definition) is 3. The van der Waals surface area contributed by atoms with E-state index in [0.29, 0.717) is 18.6 Å². The van der Waals surface area contributed by atoms with E-state index in [0.717, 1.165) is 11.1 Å². The van der Waals surface area contributed by atoms with Crippen LogP contribution in [0.3, 0.4) is 0 Å². The number of carboxylic acid groups (broad SMARTS) is 2. The first kappa shape index (κ1) is 22.6. The van der Waals surface area contributed by atoms with Crippen molar-refractivity contribution in [2.45, 2.75) is 25.7 Å². The first-order valence-electron chi connectivity index (χ1n) is 9.50. The zero-order chi connectivity index (χ0) is 21.1. The summed E-state index contributed by atoms with van der Waals surface area (Å²) in [6, 6.07) is 19.3. The molecule has 2 aromatic carbocycles. The predicted molar refractivity (Wildman–Crippen MR) is 115 cm³/mol. The minimum atomic E-state index is -2.64. The van der Waals surface area contributed by atoms with Crippen LogP contribution in [0, 0.1) is 5.92 Å². The summed E-state index contributed by atoms with van der Waals surface area (Å²) in [6.07, 6.45) is 0.835. The molecule has 0 aliphatic carbocycles. The fourth-order valence-corrected chi connectivity index (χ4v) is 4.74. The number of nitrogens with one attached hydrogen (secondary N) is 1. The van der Waals surface area contributed by atoms with Crippen LogP contribution >= 0.6 is 0 Å². The Morgan fingerprint density at radius 1 is 0.966 bits per heavy atom. The Balaban J connectivity index is 2.12. The average molecular weight is 418 g/mol. The molecule has 6 nitrogen and oxygen atoms in total. The summed E-state index contributed by atoms with van der Waals surface area (Å²) in [6.45, 7) is -0.0402. The molecule has 156 valence electrons. The van der Waals surface area contributed by atoms with E-state index in [-0.39, 0.29) is 19.4 Å². The molecular formula is C22H27NO5S. The van der Waals surface area contributed by atoms with E-state index in [1.807, 2.05) is 60.7 Å². The van der Waals surface area contributed by atoms with Gasteiger partial charge in [0.15, 0.2) is 0 Å². The van der Waals surface area contributed by atoms with Crippen LogP contribution in [-0.2, 0) is 32.1 Å². The third kappa shape index (κ3) is 8.50. The second kappa shape index (κ2) is 11.4. The van der Waals surface area contributed by atoms with Gasteiger partial charge in [-0.1, -0.05) is 60.7 Å². The van der Waals surface area contributed by atoms with Crippen LogP contribution in [0.2, 0.25) is 0 Å². The number of carboxylic acids is 2. The van der Waals surface area contributed by atoms with Crippen LogP contribution < -0.4 is 4.72 Å². The highest BCUT2D eigenvalue weighted by molar-refractivity contribution is 7.99. The van der Waals surface area contributed by atoms with Gasteiger partial charge in [-0.15, -0.1) is 0 Å². The van der Waals surface area contributed by atoms with Gasteiger partial charge in [-0.25, -0.2) is 4.72 Å².